The van der Waals surface area contributed by atoms with Crippen molar-refractivity contribution in [1.82, 2.24) is 0 Å². The van der Waals surface area contributed by atoms with E-state index >= 15 is 0 Å². The third kappa shape index (κ3) is 1.85. The van der Waals surface area contributed by atoms with E-state index in [-0.39, 0.29) is 10.6 Å². The maximum absolute atomic E-state index is 10.8. The van der Waals surface area contributed by atoms with Gasteiger partial charge in [-0.3, -0.25) is 10.1 Å². The van der Waals surface area contributed by atoms with Crippen LogP contribution in [-0.2, 0) is 5.54 Å². The van der Waals surface area contributed by atoms with E-state index in [9.17, 15) is 10.1 Å². The number of hydrogen-bond donors (Lipinski definition) is 1. The van der Waals surface area contributed by atoms with Crippen molar-refractivity contribution < 1.29 is 4.92 Å². The third-order valence-electron chi connectivity index (χ3n) is 3.21. The lowest BCUT2D eigenvalue weighted by Gasteiger charge is -2.25. The van der Waals surface area contributed by atoms with Gasteiger partial charge in [0.05, 0.1) is 4.92 Å². The maximum Gasteiger partial charge on any atom is 0.283 e. The summed E-state index contributed by atoms with van der Waals surface area (Å²) >= 11 is 3.31. The zero-order chi connectivity index (χ0) is 11.8. The molecular weight excluding hydrogens is 272 g/mol. The Hall–Kier alpha value is -0.940. The van der Waals surface area contributed by atoms with Crippen LogP contribution in [0.2, 0.25) is 0 Å². The molecule has 0 heterocycles. The number of nitro groups is 1. The van der Waals surface area contributed by atoms with Gasteiger partial charge < -0.3 is 5.73 Å². The summed E-state index contributed by atoms with van der Waals surface area (Å²) < 4.78 is 0.532. The van der Waals surface area contributed by atoms with E-state index in [4.69, 9.17) is 5.73 Å². The van der Waals surface area contributed by atoms with Gasteiger partial charge in [-0.2, -0.15) is 0 Å². The largest absolute Gasteiger partial charge is 0.321 e. The van der Waals surface area contributed by atoms with Gasteiger partial charge in [-0.15, -0.1) is 0 Å². The topological polar surface area (TPSA) is 69.2 Å². The molecule has 2 rings (SSSR count). The van der Waals surface area contributed by atoms with Gasteiger partial charge >= 0.3 is 0 Å². The molecule has 0 radical (unpaired) electrons. The highest BCUT2D eigenvalue weighted by Crippen LogP contribution is 2.42. The molecule has 1 saturated carbocycles. The number of nitro benzene ring substituents is 1. The Balaban J connectivity index is 2.49. The standard InChI is InChI=1S/C11H13BrN2O2/c12-10-8(11(13)6-1-2-7-11)4-3-5-9(10)14(15)16/h3-5H,1-2,6-7,13H2. The SMILES string of the molecule is NC1(c2cccc([N+](=O)[O-])c2Br)CCCC1. The number of nitrogens with zero attached hydrogens (tertiary/aromatic N) is 1. The number of benzene rings is 1. The Kier molecular flexibility index (Phi) is 2.99. The Morgan fingerprint density at radius 3 is 2.56 bits per heavy atom. The molecule has 1 fully saturated rings. The first-order valence-electron chi connectivity index (χ1n) is 5.27. The molecule has 16 heavy (non-hydrogen) atoms. The van der Waals surface area contributed by atoms with Crippen molar-refractivity contribution in [3.8, 4) is 0 Å². The first kappa shape index (κ1) is 11.5. The van der Waals surface area contributed by atoms with Crippen molar-refractivity contribution in [1.29, 1.82) is 0 Å². The predicted molar refractivity (Wildman–Crippen MR) is 65.1 cm³/mol. The summed E-state index contributed by atoms with van der Waals surface area (Å²) in [6.45, 7) is 0. The molecular formula is C11H13BrN2O2. The second kappa shape index (κ2) is 4.14. The molecule has 2 N–H and O–H groups in total. The van der Waals surface area contributed by atoms with Gasteiger partial charge in [0, 0.05) is 11.6 Å². The Bertz CT molecular complexity index is 428. The van der Waals surface area contributed by atoms with E-state index in [1.165, 1.54) is 6.07 Å². The van der Waals surface area contributed by atoms with Gasteiger partial charge in [-0.25, -0.2) is 0 Å². The Labute approximate surface area is 102 Å². The van der Waals surface area contributed by atoms with Gasteiger partial charge in [-0.05, 0) is 34.3 Å². The number of rotatable bonds is 2. The molecule has 1 aromatic carbocycles. The van der Waals surface area contributed by atoms with Crippen LogP contribution >= 0.6 is 15.9 Å². The van der Waals surface area contributed by atoms with Crippen LogP contribution in [-0.4, -0.2) is 4.92 Å². The molecule has 1 aromatic rings. The van der Waals surface area contributed by atoms with Crippen molar-refractivity contribution in [3.63, 3.8) is 0 Å². The van der Waals surface area contributed by atoms with Crippen molar-refractivity contribution >= 4 is 21.6 Å². The van der Waals surface area contributed by atoms with Crippen LogP contribution in [0.15, 0.2) is 22.7 Å². The van der Waals surface area contributed by atoms with E-state index < -0.39 is 5.54 Å². The molecule has 0 aliphatic heterocycles. The minimum atomic E-state index is -0.398. The Morgan fingerprint density at radius 1 is 1.38 bits per heavy atom. The fourth-order valence-corrected chi connectivity index (χ4v) is 3.12. The minimum Gasteiger partial charge on any atom is -0.321 e. The van der Waals surface area contributed by atoms with Crippen LogP contribution in [0.3, 0.4) is 0 Å². The molecule has 0 bridgehead atoms. The zero-order valence-electron chi connectivity index (χ0n) is 8.78. The average Bonchev–Trinajstić information content (AvgIpc) is 2.66. The summed E-state index contributed by atoms with van der Waals surface area (Å²) in [6, 6.07) is 5.07. The fourth-order valence-electron chi connectivity index (χ4n) is 2.32. The first-order chi connectivity index (χ1) is 7.54. The minimum absolute atomic E-state index is 0.0919. The summed E-state index contributed by atoms with van der Waals surface area (Å²) in [4.78, 5) is 10.4. The van der Waals surface area contributed by atoms with E-state index in [1.807, 2.05) is 6.07 Å². The van der Waals surface area contributed by atoms with Crippen molar-refractivity contribution in [2.45, 2.75) is 31.2 Å². The van der Waals surface area contributed by atoms with Gasteiger partial charge in [0.1, 0.15) is 4.47 Å². The lowest BCUT2D eigenvalue weighted by atomic mass is 9.89. The molecule has 0 amide bonds. The van der Waals surface area contributed by atoms with Crippen molar-refractivity contribution in [2.75, 3.05) is 0 Å². The average molecular weight is 285 g/mol. The molecule has 0 saturated heterocycles. The van der Waals surface area contributed by atoms with E-state index in [1.54, 1.807) is 6.07 Å². The molecule has 0 aromatic heterocycles. The Morgan fingerprint density at radius 2 is 2.00 bits per heavy atom. The van der Waals surface area contributed by atoms with Gasteiger partial charge in [-0.1, -0.05) is 25.0 Å². The van der Waals surface area contributed by atoms with Crippen molar-refractivity contribution in [3.05, 3.63) is 38.3 Å². The van der Waals surface area contributed by atoms with Crippen LogP contribution in [0.5, 0.6) is 0 Å². The highest BCUT2D eigenvalue weighted by molar-refractivity contribution is 9.10. The van der Waals surface area contributed by atoms with Crippen molar-refractivity contribution in [2.24, 2.45) is 5.73 Å². The lowest BCUT2D eigenvalue weighted by Crippen LogP contribution is -2.33. The monoisotopic (exact) mass is 284 g/mol. The highest BCUT2D eigenvalue weighted by Gasteiger charge is 2.34. The van der Waals surface area contributed by atoms with Gasteiger partial charge in [0.15, 0.2) is 0 Å². The summed E-state index contributed by atoms with van der Waals surface area (Å²) in [5.74, 6) is 0. The summed E-state index contributed by atoms with van der Waals surface area (Å²) in [5, 5.41) is 10.8. The van der Waals surface area contributed by atoms with Crippen LogP contribution in [0.1, 0.15) is 31.2 Å². The van der Waals surface area contributed by atoms with Gasteiger partial charge in [0.25, 0.3) is 5.69 Å². The predicted octanol–water partition coefficient (Wildman–Crippen LogP) is 3.09. The third-order valence-corrected chi connectivity index (χ3v) is 4.04. The number of halogens is 1. The summed E-state index contributed by atoms with van der Waals surface area (Å²) in [6.07, 6.45) is 3.97. The second-order valence-corrected chi connectivity index (χ2v) is 5.05. The number of nitrogens with two attached hydrogens (primary N) is 1. The normalized spacial score (nSPS) is 18.6. The molecule has 0 spiro atoms. The van der Waals surface area contributed by atoms with E-state index in [0.29, 0.717) is 4.47 Å². The molecule has 1 aliphatic rings. The fraction of sp³-hybridized carbons (Fsp3) is 0.455. The first-order valence-corrected chi connectivity index (χ1v) is 6.06. The molecule has 1 aliphatic carbocycles. The van der Waals surface area contributed by atoms with Crippen LogP contribution in [0.4, 0.5) is 5.69 Å². The van der Waals surface area contributed by atoms with Crippen LogP contribution in [0.25, 0.3) is 0 Å². The molecule has 0 unspecified atom stereocenters. The summed E-state index contributed by atoms with van der Waals surface area (Å²) in [7, 11) is 0. The van der Waals surface area contributed by atoms with Crippen LogP contribution in [0, 0.1) is 10.1 Å². The zero-order valence-corrected chi connectivity index (χ0v) is 10.4. The summed E-state index contributed by atoms with van der Waals surface area (Å²) in [5.41, 5.74) is 6.85. The molecule has 0 atom stereocenters. The molecule has 4 nitrogen and oxygen atoms in total. The van der Waals surface area contributed by atoms with E-state index in [2.05, 4.69) is 15.9 Å². The molecule has 86 valence electrons. The van der Waals surface area contributed by atoms with Gasteiger partial charge in [0.2, 0.25) is 0 Å². The second-order valence-electron chi connectivity index (χ2n) is 4.26. The lowest BCUT2D eigenvalue weighted by molar-refractivity contribution is -0.385. The highest BCUT2D eigenvalue weighted by atomic mass is 79.9. The number of hydrogen-bond acceptors (Lipinski definition) is 3. The van der Waals surface area contributed by atoms with Crippen LogP contribution < -0.4 is 5.73 Å². The smallest absolute Gasteiger partial charge is 0.283 e. The quantitative estimate of drug-likeness (QED) is 0.670. The molecule has 5 heteroatoms. The maximum atomic E-state index is 10.8. The van der Waals surface area contributed by atoms with E-state index in [0.717, 1.165) is 31.2 Å².